The highest BCUT2D eigenvalue weighted by atomic mass is 14.6. The molecule has 3 atom stereocenters. The highest BCUT2D eigenvalue weighted by Gasteiger charge is 2.58. The molecule has 56 valence electrons. The molecule has 10 heavy (non-hydrogen) atoms. The summed E-state index contributed by atoms with van der Waals surface area (Å²) in [6.07, 6.45) is 6.32. The average Bonchev–Trinajstić information content (AvgIpc) is 2.52. The van der Waals surface area contributed by atoms with Gasteiger partial charge in [0.25, 0.3) is 0 Å². The minimum Gasteiger partial charge on any atom is -0.0848 e. The first-order valence-corrected chi connectivity index (χ1v) is 4.36. The second kappa shape index (κ2) is 1.66. The van der Waals surface area contributed by atoms with Gasteiger partial charge >= 0.3 is 0 Å². The van der Waals surface area contributed by atoms with E-state index in [1.54, 1.807) is 0 Å². The van der Waals surface area contributed by atoms with E-state index in [4.69, 9.17) is 0 Å². The van der Waals surface area contributed by atoms with E-state index in [1.165, 1.54) is 6.42 Å². The Kier molecular flexibility index (Phi) is 1.07. The Hall–Kier alpha value is -0.260. The van der Waals surface area contributed by atoms with Crippen LogP contribution in [0.3, 0.4) is 0 Å². The summed E-state index contributed by atoms with van der Waals surface area (Å²) in [7, 11) is 0. The smallest absolute Gasteiger partial charge is 0.00579 e. The number of rotatable bonds is 1. The lowest BCUT2D eigenvalue weighted by Gasteiger charge is -2.13. The third kappa shape index (κ3) is 0.574. The molecule has 0 spiro atoms. The zero-order chi connectivity index (χ0) is 7.35. The second-order valence-corrected chi connectivity index (χ2v) is 4.30. The minimum absolute atomic E-state index is 0.652. The second-order valence-electron chi connectivity index (χ2n) is 4.30. The SMILES string of the molecule is CC(C)[C@]12C=C[C@@H](C)[C@H]1C2. The molecule has 0 aromatic rings. The molecule has 0 heterocycles. The Morgan fingerprint density at radius 1 is 1.50 bits per heavy atom. The molecular weight excluding hydrogens is 120 g/mol. The van der Waals surface area contributed by atoms with Gasteiger partial charge in [0, 0.05) is 0 Å². The van der Waals surface area contributed by atoms with Crippen LogP contribution in [0, 0.1) is 23.2 Å². The van der Waals surface area contributed by atoms with Crippen LogP contribution in [-0.2, 0) is 0 Å². The van der Waals surface area contributed by atoms with Gasteiger partial charge in [0.2, 0.25) is 0 Å². The van der Waals surface area contributed by atoms with Gasteiger partial charge in [-0.05, 0) is 29.6 Å². The van der Waals surface area contributed by atoms with Gasteiger partial charge in [-0.15, -0.1) is 0 Å². The lowest BCUT2D eigenvalue weighted by molar-refractivity contribution is 0.401. The maximum absolute atomic E-state index is 2.47. The average molecular weight is 136 g/mol. The van der Waals surface area contributed by atoms with E-state index in [0.29, 0.717) is 5.41 Å². The van der Waals surface area contributed by atoms with Gasteiger partial charge in [0.05, 0.1) is 0 Å². The Labute approximate surface area is 63.3 Å². The van der Waals surface area contributed by atoms with E-state index in [-0.39, 0.29) is 0 Å². The molecule has 2 aliphatic rings. The molecule has 0 unspecified atom stereocenters. The highest BCUT2D eigenvalue weighted by molar-refractivity contribution is 5.25. The summed E-state index contributed by atoms with van der Waals surface area (Å²) in [5.74, 6) is 2.73. The van der Waals surface area contributed by atoms with E-state index in [2.05, 4.69) is 32.9 Å². The van der Waals surface area contributed by atoms with Crippen LogP contribution >= 0.6 is 0 Å². The topological polar surface area (TPSA) is 0 Å². The summed E-state index contributed by atoms with van der Waals surface area (Å²) in [6.45, 7) is 7.04. The number of hydrogen-bond donors (Lipinski definition) is 0. The van der Waals surface area contributed by atoms with Crippen molar-refractivity contribution in [3.8, 4) is 0 Å². The summed E-state index contributed by atoms with van der Waals surface area (Å²) < 4.78 is 0. The molecule has 0 aliphatic heterocycles. The largest absolute Gasteiger partial charge is 0.0848 e. The summed E-state index contributed by atoms with van der Waals surface area (Å²) in [6, 6.07) is 0. The molecule has 0 aromatic heterocycles. The quantitative estimate of drug-likeness (QED) is 0.486. The third-order valence-electron chi connectivity index (χ3n) is 3.52. The van der Waals surface area contributed by atoms with Gasteiger partial charge in [-0.1, -0.05) is 32.9 Å². The van der Waals surface area contributed by atoms with Crippen molar-refractivity contribution in [2.75, 3.05) is 0 Å². The normalized spacial score (nSPS) is 50.0. The Morgan fingerprint density at radius 3 is 2.40 bits per heavy atom. The maximum Gasteiger partial charge on any atom is -0.00579 e. The van der Waals surface area contributed by atoms with Crippen molar-refractivity contribution in [3.63, 3.8) is 0 Å². The van der Waals surface area contributed by atoms with Crippen LogP contribution in [0.25, 0.3) is 0 Å². The molecule has 1 saturated carbocycles. The van der Waals surface area contributed by atoms with Gasteiger partial charge in [-0.2, -0.15) is 0 Å². The lowest BCUT2D eigenvalue weighted by Crippen LogP contribution is -2.06. The van der Waals surface area contributed by atoms with Crippen molar-refractivity contribution < 1.29 is 0 Å². The minimum atomic E-state index is 0.652. The lowest BCUT2D eigenvalue weighted by atomic mass is 9.91. The van der Waals surface area contributed by atoms with Gasteiger partial charge in [-0.3, -0.25) is 0 Å². The summed E-state index contributed by atoms with van der Waals surface area (Å²) in [4.78, 5) is 0. The van der Waals surface area contributed by atoms with E-state index in [9.17, 15) is 0 Å². The van der Waals surface area contributed by atoms with Crippen LogP contribution in [0.15, 0.2) is 12.2 Å². The van der Waals surface area contributed by atoms with Gasteiger partial charge < -0.3 is 0 Å². The zero-order valence-electron chi connectivity index (χ0n) is 7.09. The van der Waals surface area contributed by atoms with Crippen molar-refractivity contribution >= 4 is 0 Å². The van der Waals surface area contributed by atoms with Gasteiger partial charge in [0.15, 0.2) is 0 Å². The predicted molar refractivity (Wildman–Crippen MR) is 43.7 cm³/mol. The number of fused-ring (bicyclic) bond motifs is 1. The molecule has 0 heteroatoms. The van der Waals surface area contributed by atoms with E-state index >= 15 is 0 Å². The first-order chi connectivity index (χ1) is 4.67. The van der Waals surface area contributed by atoms with Gasteiger partial charge in [0.1, 0.15) is 0 Å². The van der Waals surface area contributed by atoms with Crippen LogP contribution in [-0.4, -0.2) is 0 Å². The van der Waals surface area contributed by atoms with Crippen LogP contribution in [0.4, 0.5) is 0 Å². The summed E-state index contributed by atoms with van der Waals surface area (Å²) in [5.41, 5.74) is 0.652. The summed E-state index contributed by atoms with van der Waals surface area (Å²) >= 11 is 0. The van der Waals surface area contributed by atoms with E-state index in [1.807, 2.05) is 0 Å². The highest BCUT2D eigenvalue weighted by Crippen LogP contribution is 2.65. The molecule has 0 bridgehead atoms. The molecule has 0 amide bonds. The van der Waals surface area contributed by atoms with Crippen LogP contribution < -0.4 is 0 Å². The Balaban J connectivity index is 2.19. The van der Waals surface area contributed by atoms with Gasteiger partial charge in [-0.25, -0.2) is 0 Å². The summed E-state index contributed by atoms with van der Waals surface area (Å²) in [5, 5.41) is 0. The van der Waals surface area contributed by atoms with Crippen LogP contribution in [0.5, 0.6) is 0 Å². The van der Waals surface area contributed by atoms with Crippen molar-refractivity contribution in [1.82, 2.24) is 0 Å². The standard InChI is InChI=1S/C10H16/c1-7(2)10-5-4-8(3)9(10)6-10/h4-5,7-9H,6H2,1-3H3/t8-,9-,10-/m1/s1. The van der Waals surface area contributed by atoms with Crippen molar-refractivity contribution in [1.29, 1.82) is 0 Å². The fourth-order valence-electron chi connectivity index (χ4n) is 2.51. The number of allylic oxidation sites excluding steroid dienone is 2. The monoisotopic (exact) mass is 136 g/mol. The Bertz CT molecular complexity index is 178. The molecule has 0 nitrogen and oxygen atoms in total. The van der Waals surface area contributed by atoms with Crippen LogP contribution in [0.2, 0.25) is 0 Å². The van der Waals surface area contributed by atoms with Crippen molar-refractivity contribution in [2.24, 2.45) is 23.2 Å². The molecule has 2 rings (SSSR count). The van der Waals surface area contributed by atoms with E-state index < -0.39 is 0 Å². The fraction of sp³-hybridized carbons (Fsp3) is 0.800. The van der Waals surface area contributed by atoms with Crippen LogP contribution in [0.1, 0.15) is 27.2 Å². The molecule has 2 aliphatic carbocycles. The van der Waals surface area contributed by atoms with E-state index in [0.717, 1.165) is 17.8 Å². The first kappa shape index (κ1) is 6.45. The molecule has 0 aromatic carbocycles. The first-order valence-electron chi connectivity index (χ1n) is 4.36. The molecule has 0 N–H and O–H groups in total. The fourth-order valence-corrected chi connectivity index (χ4v) is 2.51. The molecule has 0 saturated heterocycles. The Morgan fingerprint density at radius 2 is 2.20 bits per heavy atom. The number of hydrogen-bond acceptors (Lipinski definition) is 0. The molecule has 1 fully saturated rings. The predicted octanol–water partition coefficient (Wildman–Crippen LogP) is 2.85. The van der Waals surface area contributed by atoms with Crippen molar-refractivity contribution in [3.05, 3.63) is 12.2 Å². The third-order valence-corrected chi connectivity index (χ3v) is 3.52. The van der Waals surface area contributed by atoms with Crippen molar-refractivity contribution in [2.45, 2.75) is 27.2 Å². The maximum atomic E-state index is 2.47. The molecule has 0 radical (unpaired) electrons. The molecular formula is C10H16. The zero-order valence-corrected chi connectivity index (χ0v) is 7.09.